The van der Waals surface area contributed by atoms with Crippen molar-refractivity contribution in [3.8, 4) is 11.3 Å². The van der Waals surface area contributed by atoms with E-state index in [-0.39, 0.29) is 6.42 Å². The molecule has 0 spiro atoms. The Morgan fingerprint density at radius 3 is 2.90 bits per heavy atom. The van der Waals surface area contributed by atoms with Crippen LogP contribution in [-0.2, 0) is 11.2 Å². The fraction of sp³-hybridized carbons (Fsp3) is 0.125. The molecule has 0 aliphatic heterocycles. The predicted molar refractivity (Wildman–Crippen MR) is 82.5 cm³/mol. The van der Waals surface area contributed by atoms with E-state index in [2.05, 4.69) is 9.97 Å². The van der Waals surface area contributed by atoms with Gasteiger partial charge in [0.05, 0.1) is 5.02 Å². The Bertz CT molecular complexity index is 811. The highest BCUT2D eigenvalue weighted by Gasteiger charge is 2.08. The van der Waals surface area contributed by atoms with Crippen LogP contribution in [0.2, 0.25) is 5.02 Å². The van der Waals surface area contributed by atoms with Gasteiger partial charge in [-0.3, -0.25) is 9.78 Å². The molecule has 0 saturated carbocycles. The number of aryl methyl sites for hydroxylation is 1. The molecule has 4 nitrogen and oxygen atoms in total. The predicted octanol–water partition coefficient (Wildman–Crippen LogP) is 3.90. The minimum Gasteiger partial charge on any atom is -0.481 e. The van der Waals surface area contributed by atoms with Crippen molar-refractivity contribution >= 4 is 28.5 Å². The topological polar surface area (TPSA) is 66.0 Å². The number of aromatic nitrogens is 2. The fourth-order valence-corrected chi connectivity index (χ4v) is 2.55. The van der Waals surface area contributed by atoms with Gasteiger partial charge in [0.25, 0.3) is 0 Å². The summed E-state index contributed by atoms with van der Waals surface area (Å²) >= 11 is 6.15. The molecule has 3 rings (SSSR count). The Balaban J connectivity index is 1.97. The third-order valence-electron chi connectivity index (χ3n) is 3.38. The highest BCUT2D eigenvalue weighted by Crippen LogP contribution is 2.29. The number of nitrogens with zero attached hydrogens (tertiary/aromatic N) is 1. The third kappa shape index (κ3) is 2.90. The van der Waals surface area contributed by atoms with Crippen LogP contribution >= 0.6 is 11.6 Å². The number of carboxylic acids is 1. The molecule has 0 atom stereocenters. The second-order valence-corrected chi connectivity index (χ2v) is 5.26. The van der Waals surface area contributed by atoms with Gasteiger partial charge in [-0.15, -0.1) is 0 Å². The van der Waals surface area contributed by atoms with Gasteiger partial charge in [-0.25, -0.2) is 0 Å². The van der Waals surface area contributed by atoms with Crippen LogP contribution in [0.5, 0.6) is 0 Å². The average Bonchev–Trinajstić information content (AvgIpc) is 2.88. The zero-order chi connectivity index (χ0) is 14.8. The molecule has 2 aromatic heterocycles. The molecule has 106 valence electrons. The molecule has 0 aliphatic rings. The third-order valence-corrected chi connectivity index (χ3v) is 3.68. The molecule has 1 aromatic carbocycles. The van der Waals surface area contributed by atoms with Gasteiger partial charge in [-0.1, -0.05) is 17.7 Å². The first kappa shape index (κ1) is 13.6. The quantitative estimate of drug-likeness (QED) is 0.768. The molecule has 5 heteroatoms. The zero-order valence-electron chi connectivity index (χ0n) is 11.1. The van der Waals surface area contributed by atoms with Crippen molar-refractivity contribution in [3.63, 3.8) is 0 Å². The normalized spacial score (nSPS) is 10.9. The largest absolute Gasteiger partial charge is 0.481 e. The van der Waals surface area contributed by atoms with Gasteiger partial charge in [0, 0.05) is 41.0 Å². The van der Waals surface area contributed by atoms with Crippen molar-refractivity contribution in [2.24, 2.45) is 0 Å². The van der Waals surface area contributed by atoms with Crippen LogP contribution in [0.4, 0.5) is 0 Å². The van der Waals surface area contributed by atoms with Crippen molar-refractivity contribution in [1.82, 2.24) is 9.97 Å². The Kier molecular flexibility index (Phi) is 3.62. The maximum atomic E-state index is 10.6. The van der Waals surface area contributed by atoms with E-state index in [9.17, 15) is 4.79 Å². The van der Waals surface area contributed by atoms with E-state index in [1.165, 1.54) is 0 Å². The minimum atomic E-state index is -0.784. The van der Waals surface area contributed by atoms with Crippen LogP contribution in [0, 0.1) is 0 Å². The molecular weight excluding hydrogens is 288 g/mol. The molecule has 0 bridgehead atoms. The van der Waals surface area contributed by atoms with Crippen LogP contribution < -0.4 is 0 Å². The Hall–Kier alpha value is -2.33. The number of pyridine rings is 1. The summed E-state index contributed by atoms with van der Waals surface area (Å²) in [6.07, 6.45) is 3.98. The summed E-state index contributed by atoms with van der Waals surface area (Å²) in [6, 6.07) is 9.79. The molecule has 0 aliphatic carbocycles. The van der Waals surface area contributed by atoms with Gasteiger partial charge in [-0.05, 0) is 36.2 Å². The van der Waals surface area contributed by atoms with Crippen LogP contribution in [0.15, 0.2) is 42.7 Å². The molecule has 0 amide bonds. The molecule has 0 saturated heterocycles. The number of aromatic amines is 1. The number of aliphatic carboxylic acids is 1. The second-order valence-electron chi connectivity index (χ2n) is 4.85. The number of H-pyrrole nitrogens is 1. The average molecular weight is 301 g/mol. The van der Waals surface area contributed by atoms with Crippen molar-refractivity contribution in [1.29, 1.82) is 0 Å². The number of hydrogen-bond acceptors (Lipinski definition) is 2. The molecule has 0 radical (unpaired) electrons. The van der Waals surface area contributed by atoms with Crippen molar-refractivity contribution in [2.75, 3.05) is 0 Å². The van der Waals surface area contributed by atoms with Gasteiger partial charge in [0.15, 0.2) is 0 Å². The summed E-state index contributed by atoms with van der Waals surface area (Å²) in [5.74, 6) is -0.784. The van der Waals surface area contributed by atoms with Crippen molar-refractivity contribution in [2.45, 2.75) is 12.8 Å². The number of benzene rings is 1. The molecule has 2 N–H and O–H groups in total. The minimum absolute atomic E-state index is 0.138. The van der Waals surface area contributed by atoms with Crippen molar-refractivity contribution in [3.05, 3.63) is 53.3 Å². The number of hydrogen-bond donors (Lipinski definition) is 2. The highest BCUT2D eigenvalue weighted by atomic mass is 35.5. The summed E-state index contributed by atoms with van der Waals surface area (Å²) in [7, 11) is 0. The highest BCUT2D eigenvalue weighted by molar-refractivity contribution is 6.33. The van der Waals surface area contributed by atoms with Crippen LogP contribution in [0.3, 0.4) is 0 Å². The van der Waals surface area contributed by atoms with E-state index in [1.807, 2.05) is 30.3 Å². The molecule has 21 heavy (non-hydrogen) atoms. The van der Waals surface area contributed by atoms with Gasteiger partial charge in [0.1, 0.15) is 0 Å². The van der Waals surface area contributed by atoms with E-state index >= 15 is 0 Å². The number of carboxylic acid groups (broad SMARTS) is 1. The first-order valence-electron chi connectivity index (χ1n) is 6.57. The van der Waals surface area contributed by atoms with Crippen LogP contribution in [0.1, 0.15) is 12.0 Å². The molecule has 3 aromatic rings. The number of rotatable bonds is 4. The lowest BCUT2D eigenvalue weighted by atomic mass is 10.1. The van der Waals surface area contributed by atoms with E-state index < -0.39 is 5.97 Å². The summed E-state index contributed by atoms with van der Waals surface area (Å²) in [4.78, 5) is 17.9. The summed E-state index contributed by atoms with van der Waals surface area (Å²) < 4.78 is 0. The maximum absolute atomic E-state index is 10.6. The molecular formula is C16H13ClN2O2. The van der Waals surface area contributed by atoms with E-state index in [1.54, 1.807) is 12.4 Å². The standard InChI is InChI=1S/C16H13ClN2O2/c17-13-9-18-6-5-12(13)15-8-11-7-10(2-4-16(20)21)1-3-14(11)19-15/h1,3,5-9,19H,2,4H2,(H,20,21). The molecule has 2 heterocycles. The first-order valence-corrected chi connectivity index (χ1v) is 6.94. The van der Waals surface area contributed by atoms with Crippen molar-refractivity contribution < 1.29 is 9.90 Å². The lowest BCUT2D eigenvalue weighted by molar-refractivity contribution is -0.136. The Morgan fingerprint density at radius 1 is 1.29 bits per heavy atom. The van der Waals surface area contributed by atoms with Gasteiger partial charge >= 0.3 is 5.97 Å². The summed E-state index contributed by atoms with van der Waals surface area (Å²) in [6.45, 7) is 0. The maximum Gasteiger partial charge on any atom is 0.303 e. The van der Waals surface area contributed by atoms with Crippen LogP contribution in [0.25, 0.3) is 22.2 Å². The fourth-order valence-electron chi connectivity index (χ4n) is 2.33. The summed E-state index contributed by atoms with van der Waals surface area (Å²) in [5, 5.41) is 10.4. The number of nitrogens with one attached hydrogen (secondary N) is 1. The SMILES string of the molecule is O=C(O)CCc1ccc2[nH]c(-c3ccncc3Cl)cc2c1. The Morgan fingerprint density at radius 2 is 2.14 bits per heavy atom. The summed E-state index contributed by atoms with van der Waals surface area (Å²) in [5.41, 5.74) is 3.83. The number of halogens is 1. The first-order chi connectivity index (χ1) is 10.1. The van der Waals surface area contributed by atoms with Gasteiger partial charge in [-0.2, -0.15) is 0 Å². The van der Waals surface area contributed by atoms with E-state index in [4.69, 9.17) is 16.7 Å². The smallest absolute Gasteiger partial charge is 0.303 e. The van der Waals surface area contributed by atoms with Gasteiger partial charge in [0.2, 0.25) is 0 Å². The zero-order valence-corrected chi connectivity index (χ0v) is 11.9. The molecule has 0 unspecified atom stereocenters. The number of carbonyl (C=O) groups is 1. The van der Waals surface area contributed by atoms with Gasteiger partial charge < -0.3 is 10.1 Å². The lowest BCUT2D eigenvalue weighted by Crippen LogP contribution is -1.96. The Labute approximate surface area is 126 Å². The second kappa shape index (κ2) is 5.58. The number of fused-ring (bicyclic) bond motifs is 1. The van der Waals surface area contributed by atoms with E-state index in [0.717, 1.165) is 27.7 Å². The lowest BCUT2D eigenvalue weighted by Gasteiger charge is -1.99. The van der Waals surface area contributed by atoms with Crippen LogP contribution in [-0.4, -0.2) is 21.0 Å². The van der Waals surface area contributed by atoms with E-state index in [0.29, 0.717) is 11.4 Å². The monoisotopic (exact) mass is 300 g/mol. The molecule has 0 fully saturated rings.